The maximum atomic E-state index is 2.44. The molecule has 0 unspecified atom stereocenters. The fourth-order valence-corrected chi connectivity index (χ4v) is 7.05. The third-order valence-electron chi connectivity index (χ3n) is 8.91. The van der Waals surface area contributed by atoms with Gasteiger partial charge in [-0.2, -0.15) is 0 Å². The molecule has 44 heavy (non-hydrogen) atoms. The van der Waals surface area contributed by atoms with Gasteiger partial charge in [0, 0.05) is 32.9 Å². The summed E-state index contributed by atoms with van der Waals surface area (Å²) in [4.78, 5) is 0. The molecule has 0 atom stereocenters. The molecule has 0 spiro atoms. The first-order valence-electron chi connectivity index (χ1n) is 15.1. The van der Waals surface area contributed by atoms with Gasteiger partial charge in [-0.25, -0.2) is 0 Å². The van der Waals surface area contributed by atoms with Gasteiger partial charge in [0.2, 0.25) is 0 Å². The van der Waals surface area contributed by atoms with E-state index in [4.69, 9.17) is 0 Å². The molecule has 2 nitrogen and oxygen atoms in total. The molecule has 0 radical (unpaired) electrons. The van der Waals surface area contributed by atoms with Crippen LogP contribution in [-0.2, 0) is 0 Å². The van der Waals surface area contributed by atoms with Gasteiger partial charge in [-0.3, -0.25) is 0 Å². The van der Waals surface area contributed by atoms with E-state index >= 15 is 0 Å². The molecule has 0 fully saturated rings. The standard InChI is InChI=1S/C42H28N2/c1-3-14-29(15-4-1)33-20-7-8-21-34(33)30-16-13-19-32(28-30)43-39-25-12-10-23-37(39)41-40(43)27-26-36-35-22-9-11-24-38(35)44(42(36)41)31-17-5-2-6-18-31/h1-28H. The van der Waals surface area contributed by atoms with Crippen LogP contribution >= 0.6 is 0 Å². The van der Waals surface area contributed by atoms with Crippen molar-refractivity contribution in [3.8, 4) is 33.6 Å². The minimum atomic E-state index is 1.15. The van der Waals surface area contributed by atoms with Gasteiger partial charge in [0.1, 0.15) is 0 Å². The van der Waals surface area contributed by atoms with Crippen molar-refractivity contribution in [3.05, 3.63) is 170 Å². The van der Waals surface area contributed by atoms with Crippen molar-refractivity contribution in [1.29, 1.82) is 0 Å². The number of aromatic nitrogens is 2. The molecule has 0 aliphatic carbocycles. The Balaban J connectivity index is 1.36. The van der Waals surface area contributed by atoms with E-state index in [0.717, 1.165) is 5.69 Å². The summed E-state index contributed by atoms with van der Waals surface area (Å²) in [7, 11) is 0. The lowest BCUT2D eigenvalue weighted by Crippen LogP contribution is -1.96. The highest BCUT2D eigenvalue weighted by molar-refractivity contribution is 6.26. The summed E-state index contributed by atoms with van der Waals surface area (Å²) in [5, 5.41) is 5.06. The lowest BCUT2D eigenvalue weighted by atomic mass is 9.94. The van der Waals surface area contributed by atoms with Crippen LogP contribution in [0, 0.1) is 0 Å². The van der Waals surface area contributed by atoms with Crippen molar-refractivity contribution in [2.24, 2.45) is 0 Å². The molecule has 0 saturated carbocycles. The van der Waals surface area contributed by atoms with Gasteiger partial charge in [-0.05, 0) is 64.7 Å². The Hall–Kier alpha value is -5.86. The van der Waals surface area contributed by atoms with E-state index in [1.165, 1.54) is 71.6 Å². The molecule has 9 rings (SSSR count). The van der Waals surface area contributed by atoms with Gasteiger partial charge in [-0.15, -0.1) is 0 Å². The lowest BCUT2D eigenvalue weighted by Gasteiger charge is -2.13. The zero-order valence-electron chi connectivity index (χ0n) is 24.1. The van der Waals surface area contributed by atoms with Crippen LogP contribution in [0.15, 0.2) is 170 Å². The van der Waals surface area contributed by atoms with E-state index in [1.807, 2.05) is 0 Å². The predicted octanol–water partition coefficient (Wildman–Crippen LogP) is 11.2. The lowest BCUT2D eigenvalue weighted by molar-refractivity contribution is 1.17. The number of hydrogen-bond donors (Lipinski definition) is 0. The Labute approximate surface area is 255 Å². The number of nitrogens with zero attached hydrogens (tertiary/aromatic N) is 2. The quantitative estimate of drug-likeness (QED) is 0.203. The summed E-state index contributed by atoms with van der Waals surface area (Å²) in [6.07, 6.45) is 0. The molecule has 0 bridgehead atoms. The van der Waals surface area contributed by atoms with E-state index in [9.17, 15) is 0 Å². The summed E-state index contributed by atoms with van der Waals surface area (Å²) in [6, 6.07) is 61.3. The van der Waals surface area contributed by atoms with Gasteiger partial charge < -0.3 is 9.13 Å². The van der Waals surface area contributed by atoms with E-state index in [-0.39, 0.29) is 0 Å². The molecule has 2 heteroatoms. The van der Waals surface area contributed by atoms with Crippen molar-refractivity contribution in [2.75, 3.05) is 0 Å². The van der Waals surface area contributed by atoms with Crippen LogP contribution in [0.5, 0.6) is 0 Å². The molecular weight excluding hydrogens is 532 g/mol. The first kappa shape index (κ1) is 24.7. The van der Waals surface area contributed by atoms with Gasteiger partial charge >= 0.3 is 0 Å². The molecule has 206 valence electrons. The van der Waals surface area contributed by atoms with Gasteiger partial charge in [0.05, 0.1) is 22.1 Å². The fraction of sp³-hybridized carbons (Fsp3) is 0. The van der Waals surface area contributed by atoms with Gasteiger partial charge in [0.15, 0.2) is 0 Å². The molecule has 0 aliphatic rings. The van der Waals surface area contributed by atoms with Crippen LogP contribution in [0.1, 0.15) is 0 Å². The molecule has 0 aliphatic heterocycles. The van der Waals surface area contributed by atoms with Crippen LogP contribution in [0.3, 0.4) is 0 Å². The smallest absolute Gasteiger partial charge is 0.0641 e. The molecule has 9 aromatic rings. The first-order chi connectivity index (χ1) is 21.9. The summed E-state index contributed by atoms with van der Waals surface area (Å²) in [5.74, 6) is 0. The topological polar surface area (TPSA) is 9.86 Å². The highest BCUT2D eigenvalue weighted by Crippen LogP contribution is 2.42. The molecule has 7 aromatic carbocycles. The number of fused-ring (bicyclic) bond motifs is 7. The van der Waals surface area contributed by atoms with Crippen LogP contribution in [0.4, 0.5) is 0 Å². The Bertz CT molecular complexity index is 2480. The first-order valence-corrected chi connectivity index (χ1v) is 15.1. The maximum absolute atomic E-state index is 2.44. The van der Waals surface area contributed by atoms with Crippen molar-refractivity contribution in [1.82, 2.24) is 9.13 Å². The number of para-hydroxylation sites is 3. The third kappa shape index (κ3) is 3.68. The normalized spacial score (nSPS) is 11.6. The number of hydrogen-bond acceptors (Lipinski definition) is 0. The highest BCUT2D eigenvalue weighted by Gasteiger charge is 2.20. The average Bonchev–Trinajstić information content (AvgIpc) is 3.62. The van der Waals surface area contributed by atoms with Gasteiger partial charge in [0.25, 0.3) is 0 Å². The molecule has 2 aromatic heterocycles. The molecule has 0 N–H and O–H groups in total. The second-order valence-corrected chi connectivity index (χ2v) is 11.4. The van der Waals surface area contributed by atoms with Crippen LogP contribution < -0.4 is 0 Å². The second-order valence-electron chi connectivity index (χ2n) is 11.4. The van der Waals surface area contributed by atoms with Crippen molar-refractivity contribution in [2.45, 2.75) is 0 Å². The maximum Gasteiger partial charge on any atom is 0.0641 e. The summed E-state index contributed by atoms with van der Waals surface area (Å²) < 4.78 is 4.88. The van der Waals surface area contributed by atoms with Crippen LogP contribution in [-0.4, -0.2) is 9.13 Å². The second kappa shape index (κ2) is 9.86. The molecular formula is C42H28N2. The van der Waals surface area contributed by atoms with E-state index < -0.39 is 0 Å². The van der Waals surface area contributed by atoms with Crippen LogP contribution in [0.25, 0.3) is 77.2 Å². The van der Waals surface area contributed by atoms with Gasteiger partial charge in [-0.1, -0.05) is 127 Å². The zero-order valence-corrected chi connectivity index (χ0v) is 24.1. The van der Waals surface area contributed by atoms with E-state index in [0.29, 0.717) is 0 Å². The predicted molar refractivity (Wildman–Crippen MR) is 186 cm³/mol. The third-order valence-corrected chi connectivity index (χ3v) is 8.91. The minimum absolute atomic E-state index is 1.15. The SMILES string of the molecule is c1ccc(-c2ccccc2-c2cccc(-n3c4ccccc4c4c3ccc3c5ccccc5n(-c5ccccc5)c34)c2)cc1. The van der Waals surface area contributed by atoms with Crippen molar-refractivity contribution in [3.63, 3.8) is 0 Å². The number of benzene rings is 7. The minimum Gasteiger partial charge on any atom is -0.309 e. The van der Waals surface area contributed by atoms with Crippen LogP contribution in [0.2, 0.25) is 0 Å². The Morgan fingerprint density at radius 1 is 0.318 bits per heavy atom. The van der Waals surface area contributed by atoms with Crippen molar-refractivity contribution < 1.29 is 0 Å². The summed E-state index contributed by atoms with van der Waals surface area (Å²) in [5.41, 5.74) is 12.1. The fourth-order valence-electron chi connectivity index (χ4n) is 7.05. The van der Waals surface area contributed by atoms with E-state index in [2.05, 4.69) is 179 Å². The zero-order chi connectivity index (χ0) is 29.0. The molecule has 0 amide bonds. The highest BCUT2D eigenvalue weighted by atomic mass is 15.0. The van der Waals surface area contributed by atoms with Crippen molar-refractivity contribution >= 4 is 43.6 Å². The number of rotatable bonds is 4. The Kier molecular flexibility index (Phi) is 5.54. The van der Waals surface area contributed by atoms with E-state index in [1.54, 1.807) is 0 Å². The Morgan fingerprint density at radius 2 is 0.886 bits per heavy atom. The monoisotopic (exact) mass is 560 g/mol. The summed E-state index contributed by atoms with van der Waals surface area (Å²) in [6.45, 7) is 0. The average molecular weight is 561 g/mol. The molecule has 2 heterocycles. The largest absolute Gasteiger partial charge is 0.309 e. The molecule has 0 saturated heterocycles. The Morgan fingerprint density at radius 3 is 1.66 bits per heavy atom. The summed E-state index contributed by atoms with van der Waals surface area (Å²) >= 11 is 0.